The van der Waals surface area contributed by atoms with Gasteiger partial charge in [-0.15, -0.1) is 0 Å². The third-order valence-corrected chi connectivity index (χ3v) is 3.89. The molecule has 3 heterocycles. The van der Waals surface area contributed by atoms with Gasteiger partial charge in [-0.2, -0.15) is 4.39 Å². The monoisotopic (exact) mass is 358 g/mol. The van der Waals surface area contributed by atoms with Gasteiger partial charge in [0.15, 0.2) is 0 Å². The SMILES string of the molecule is COC(=O)c1ccc(C(=O)N2CCCN2C(=O)c2cccnc2F)nc1. The van der Waals surface area contributed by atoms with E-state index in [1.165, 1.54) is 53.8 Å². The Morgan fingerprint density at radius 1 is 1.08 bits per heavy atom. The lowest BCUT2D eigenvalue weighted by Crippen LogP contribution is -2.45. The third kappa shape index (κ3) is 3.23. The molecule has 0 aliphatic carbocycles. The first kappa shape index (κ1) is 17.5. The number of esters is 1. The molecule has 0 radical (unpaired) electrons. The van der Waals surface area contributed by atoms with Gasteiger partial charge in [0.25, 0.3) is 11.8 Å². The van der Waals surface area contributed by atoms with Crippen molar-refractivity contribution >= 4 is 17.8 Å². The van der Waals surface area contributed by atoms with Crippen molar-refractivity contribution in [1.82, 2.24) is 20.0 Å². The molecule has 9 heteroatoms. The van der Waals surface area contributed by atoms with Gasteiger partial charge in [-0.3, -0.25) is 14.6 Å². The molecule has 0 atom stereocenters. The maximum absolute atomic E-state index is 13.8. The van der Waals surface area contributed by atoms with Gasteiger partial charge in [-0.25, -0.2) is 19.8 Å². The molecule has 8 nitrogen and oxygen atoms in total. The molecular weight excluding hydrogens is 343 g/mol. The average Bonchev–Trinajstić information content (AvgIpc) is 3.16. The van der Waals surface area contributed by atoms with Gasteiger partial charge < -0.3 is 4.74 Å². The van der Waals surface area contributed by atoms with Crippen LogP contribution in [0.1, 0.15) is 37.6 Å². The second kappa shape index (κ2) is 7.26. The topological polar surface area (TPSA) is 92.7 Å². The Morgan fingerprint density at radius 3 is 2.42 bits per heavy atom. The number of halogens is 1. The van der Waals surface area contributed by atoms with Crippen LogP contribution in [0.3, 0.4) is 0 Å². The van der Waals surface area contributed by atoms with Crippen LogP contribution in [-0.2, 0) is 4.74 Å². The van der Waals surface area contributed by atoms with Crippen LogP contribution in [-0.4, -0.2) is 58.0 Å². The fraction of sp³-hybridized carbons (Fsp3) is 0.235. The molecule has 2 aromatic rings. The van der Waals surface area contributed by atoms with Crippen LogP contribution >= 0.6 is 0 Å². The Balaban J connectivity index is 1.81. The van der Waals surface area contributed by atoms with Gasteiger partial charge in [-0.1, -0.05) is 0 Å². The van der Waals surface area contributed by atoms with Crippen LogP contribution in [0.4, 0.5) is 4.39 Å². The summed E-state index contributed by atoms with van der Waals surface area (Å²) in [5.74, 6) is -2.62. The molecule has 1 aliphatic heterocycles. The normalized spacial score (nSPS) is 13.6. The lowest BCUT2D eigenvalue weighted by Gasteiger charge is -2.27. The molecule has 1 fully saturated rings. The molecule has 2 amide bonds. The van der Waals surface area contributed by atoms with Crippen molar-refractivity contribution in [2.45, 2.75) is 6.42 Å². The number of hydrazine groups is 1. The first-order valence-electron chi connectivity index (χ1n) is 7.81. The smallest absolute Gasteiger partial charge is 0.339 e. The van der Waals surface area contributed by atoms with E-state index in [4.69, 9.17) is 0 Å². The summed E-state index contributed by atoms with van der Waals surface area (Å²) in [6, 6.07) is 5.55. The molecule has 0 aromatic carbocycles. The molecule has 0 bridgehead atoms. The van der Waals surface area contributed by atoms with Crippen LogP contribution in [0, 0.1) is 5.95 Å². The summed E-state index contributed by atoms with van der Waals surface area (Å²) in [6.45, 7) is 0.575. The fourth-order valence-electron chi connectivity index (χ4n) is 2.61. The number of aromatic nitrogens is 2. The van der Waals surface area contributed by atoms with Crippen molar-refractivity contribution in [3.63, 3.8) is 0 Å². The minimum absolute atomic E-state index is 0.0593. The van der Waals surface area contributed by atoms with Crippen molar-refractivity contribution in [3.05, 3.63) is 59.4 Å². The van der Waals surface area contributed by atoms with Gasteiger partial charge in [0.1, 0.15) is 5.69 Å². The number of amides is 2. The zero-order valence-corrected chi connectivity index (χ0v) is 13.9. The highest BCUT2D eigenvalue weighted by atomic mass is 19.1. The molecule has 1 saturated heterocycles. The molecular formula is C17H15FN4O4. The Morgan fingerprint density at radius 2 is 1.81 bits per heavy atom. The van der Waals surface area contributed by atoms with Crippen LogP contribution in [0.2, 0.25) is 0 Å². The number of hydrogen-bond acceptors (Lipinski definition) is 6. The van der Waals surface area contributed by atoms with E-state index >= 15 is 0 Å². The van der Waals surface area contributed by atoms with Gasteiger partial charge >= 0.3 is 5.97 Å². The largest absolute Gasteiger partial charge is 0.465 e. The number of pyridine rings is 2. The lowest BCUT2D eigenvalue weighted by atomic mass is 10.2. The first-order valence-corrected chi connectivity index (χ1v) is 7.81. The molecule has 3 rings (SSSR count). The standard InChI is InChI=1S/C17H15FN4O4/c1-26-17(25)11-5-6-13(20-10-11)16(24)22-9-3-8-21(22)15(23)12-4-2-7-19-14(12)18/h2,4-7,10H,3,8-9H2,1H3. The van der Waals surface area contributed by atoms with Crippen molar-refractivity contribution < 1.29 is 23.5 Å². The zero-order valence-electron chi connectivity index (χ0n) is 13.9. The van der Waals surface area contributed by atoms with E-state index in [9.17, 15) is 18.8 Å². The maximum Gasteiger partial charge on any atom is 0.339 e. The Labute approximate surface area is 148 Å². The van der Waals surface area contributed by atoms with Gasteiger partial charge in [0.05, 0.1) is 18.2 Å². The van der Waals surface area contributed by atoms with Crippen LogP contribution < -0.4 is 0 Å². The van der Waals surface area contributed by atoms with Crippen molar-refractivity contribution in [2.24, 2.45) is 0 Å². The lowest BCUT2D eigenvalue weighted by molar-refractivity contribution is 0.0178. The van der Waals surface area contributed by atoms with E-state index in [2.05, 4.69) is 14.7 Å². The molecule has 0 saturated carbocycles. The second-order valence-electron chi connectivity index (χ2n) is 5.48. The summed E-state index contributed by atoms with van der Waals surface area (Å²) in [7, 11) is 1.24. The maximum atomic E-state index is 13.8. The highest BCUT2D eigenvalue weighted by molar-refractivity contribution is 5.99. The van der Waals surface area contributed by atoms with E-state index in [1.54, 1.807) is 0 Å². The van der Waals surface area contributed by atoms with E-state index in [-0.39, 0.29) is 23.4 Å². The first-order chi connectivity index (χ1) is 12.5. The number of carbonyl (C=O) groups excluding carboxylic acids is 3. The predicted octanol–water partition coefficient (Wildman–Crippen LogP) is 1.31. The molecule has 0 N–H and O–H groups in total. The van der Waals surface area contributed by atoms with Gasteiger partial charge in [0, 0.05) is 25.5 Å². The summed E-state index contributed by atoms with van der Waals surface area (Å²) in [4.78, 5) is 44.1. The van der Waals surface area contributed by atoms with E-state index in [1.807, 2.05) is 0 Å². The van der Waals surface area contributed by atoms with Gasteiger partial charge in [-0.05, 0) is 30.7 Å². The number of carbonyl (C=O) groups is 3. The highest BCUT2D eigenvalue weighted by Gasteiger charge is 2.33. The molecule has 134 valence electrons. The molecule has 1 aliphatic rings. The number of hydrogen-bond donors (Lipinski definition) is 0. The summed E-state index contributed by atoms with van der Waals surface area (Å²) in [6.07, 6.45) is 3.02. The summed E-state index contributed by atoms with van der Waals surface area (Å²) >= 11 is 0. The summed E-state index contributed by atoms with van der Waals surface area (Å²) in [5.41, 5.74) is 0.0565. The zero-order chi connectivity index (χ0) is 18.7. The Kier molecular flexibility index (Phi) is 4.87. The number of methoxy groups -OCH3 is 1. The molecule has 26 heavy (non-hydrogen) atoms. The van der Waals surface area contributed by atoms with Gasteiger partial charge in [0.2, 0.25) is 5.95 Å². The predicted molar refractivity (Wildman–Crippen MR) is 86.5 cm³/mol. The molecule has 2 aromatic heterocycles. The van der Waals surface area contributed by atoms with Crippen LogP contribution in [0.25, 0.3) is 0 Å². The fourth-order valence-corrected chi connectivity index (χ4v) is 2.61. The third-order valence-electron chi connectivity index (χ3n) is 3.89. The number of nitrogens with zero attached hydrogens (tertiary/aromatic N) is 4. The van der Waals surface area contributed by atoms with E-state index < -0.39 is 23.7 Å². The number of rotatable bonds is 3. The van der Waals surface area contributed by atoms with Crippen molar-refractivity contribution in [2.75, 3.05) is 20.2 Å². The molecule has 0 unspecified atom stereocenters. The van der Waals surface area contributed by atoms with E-state index in [0.717, 1.165) is 0 Å². The van der Waals surface area contributed by atoms with Crippen molar-refractivity contribution in [1.29, 1.82) is 0 Å². The minimum Gasteiger partial charge on any atom is -0.465 e. The van der Waals surface area contributed by atoms with E-state index in [0.29, 0.717) is 13.0 Å². The van der Waals surface area contributed by atoms with Crippen LogP contribution in [0.15, 0.2) is 36.7 Å². The quantitative estimate of drug-likeness (QED) is 0.607. The average molecular weight is 358 g/mol. The summed E-state index contributed by atoms with van der Waals surface area (Å²) in [5, 5.41) is 2.40. The van der Waals surface area contributed by atoms with Crippen LogP contribution in [0.5, 0.6) is 0 Å². The highest BCUT2D eigenvalue weighted by Crippen LogP contribution is 2.18. The Hall–Kier alpha value is -3.36. The minimum atomic E-state index is -0.891. The van der Waals surface area contributed by atoms with Crippen molar-refractivity contribution in [3.8, 4) is 0 Å². The second-order valence-corrected chi connectivity index (χ2v) is 5.48. The molecule has 0 spiro atoms. The number of ether oxygens (including phenoxy) is 1. The summed E-state index contributed by atoms with van der Waals surface area (Å²) < 4.78 is 18.4. The Bertz CT molecular complexity index is 856.